The van der Waals surface area contributed by atoms with Crippen LogP contribution in [0, 0.1) is 5.92 Å². The third-order valence-corrected chi connectivity index (χ3v) is 4.40. The lowest BCUT2D eigenvalue weighted by atomic mass is 9.99. The number of hydrogen-bond acceptors (Lipinski definition) is 2. The van der Waals surface area contributed by atoms with Crippen LogP contribution >= 0.6 is 0 Å². The van der Waals surface area contributed by atoms with Gasteiger partial charge in [-0.3, -0.25) is 9.69 Å². The van der Waals surface area contributed by atoms with Crippen LogP contribution in [0.2, 0.25) is 0 Å². The zero-order valence-electron chi connectivity index (χ0n) is 13.7. The van der Waals surface area contributed by atoms with Crippen molar-refractivity contribution in [3.05, 3.63) is 65.7 Å². The van der Waals surface area contributed by atoms with E-state index in [2.05, 4.69) is 29.3 Å². The van der Waals surface area contributed by atoms with E-state index < -0.39 is 0 Å². The van der Waals surface area contributed by atoms with Crippen molar-refractivity contribution in [1.29, 1.82) is 0 Å². The van der Waals surface area contributed by atoms with Crippen molar-refractivity contribution in [2.45, 2.75) is 26.3 Å². The molecule has 0 spiro atoms. The van der Waals surface area contributed by atoms with Gasteiger partial charge in [-0.25, -0.2) is 0 Å². The van der Waals surface area contributed by atoms with Gasteiger partial charge >= 0.3 is 0 Å². The zero-order valence-corrected chi connectivity index (χ0v) is 13.7. The molecule has 0 unspecified atom stereocenters. The Kier molecular flexibility index (Phi) is 5.09. The maximum absolute atomic E-state index is 12.2. The van der Waals surface area contributed by atoms with E-state index in [1.165, 1.54) is 31.5 Å². The van der Waals surface area contributed by atoms with Gasteiger partial charge in [0.15, 0.2) is 0 Å². The molecule has 0 aromatic heterocycles. The monoisotopic (exact) mass is 308 g/mol. The summed E-state index contributed by atoms with van der Waals surface area (Å²) in [5, 5.41) is 2.92. The molecule has 1 heterocycles. The maximum atomic E-state index is 12.2. The van der Waals surface area contributed by atoms with E-state index in [4.69, 9.17) is 0 Å². The summed E-state index contributed by atoms with van der Waals surface area (Å²) in [7, 11) is 0. The summed E-state index contributed by atoms with van der Waals surface area (Å²) in [6.45, 7) is 5.66. The second kappa shape index (κ2) is 7.42. The number of para-hydroxylation sites is 1. The van der Waals surface area contributed by atoms with Gasteiger partial charge in [-0.1, -0.05) is 37.3 Å². The molecule has 3 nitrogen and oxygen atoms in total. The SMILES string of the molecule is C[C@H]1CCCN(Cc2ccc(C(=O)Nc3ccccc3)cc2)C1. The van der Waals surface area contributed by atoms with Gasteiger partial charge in [-0.2, -0.15) is 0 Å². The molecule has 3 heteroatoms. The van der Waals surface area contributed by atoms with Crippen LogP contribution in [0.1, 0.15) is 35.7 Å². The van der Waals surface area contributed by atoms with E-state index in [1.54, 1.807) is 0 Å². The highest BCUT2D eigenvalue weighted by Gasteiger charge is 2.16. The highest BCUT2D eigenvalue weighted by molar-refractivity contribution is 6.04. The molecular formula is C20H24N2O. The first-order valence-corrected chi connectivity index (χ1v) is 8.38. The Morgan fingerprint density at radius 3 is 2.57 bits per heavy atom. The lowest BCUT2D eigenvalue weighted by molar-refractivity contribution is 0.102. The summed E-state index contributed by atoms with van der Waals surface area (Å²) in [6.07, 6.45) is 2.63. The highest BCUT2D eigenvalue weighted by atomic mass is 16.1. The molecule has 1 aliphatic heterocycles. The Bertz CT molecular complexity index is 636. The largest absolute Gasteiger partial charge is 0.322 e. The average Bonchev–Trinajstić information content (AvgIpc) is 2.56. The number of amides is 1. The molecule has 0 saturated carbocycles. The number of benzene rings is 2. The van der Waals surface area contributed by atoms with E-state index in [0.717, 1.165) is 18.2 Å². The Morgan fingerprint density at radius 2 is 1.87 bits per heavy atom. The number of rotatable bonds is 4. The normalized spacial score (nSPS) is 18.6. The summed E-state index contributed by atoms with van der Waals surface area (Å²) in [5.74, 6) is 0.731. The summed E-state index contributed by atoms with van der Waals surface area (Å²) >= 11 is 0. The number of anilines is 1. The van der Waals surface area contributed by atoms with E-state index >= 15 is 0 Å². The van der Waals surface area contributed by atoms with Crippen LogP contribution in [0.25, 0.3) is 0 Å². The first kappa shape index (κ1) is 15.8. The zero-order chi connectivity index (χ0) is 16.1. The summed E-state index contributed by atoms with van der Waals surface area (Å²) in [4.78, 5) is 14.7. The second-order valence-corrected chi connectivity index (χ2v) is 6.50. The molecule has 2 aromatic rings. The molecule has 120 valence electrons. The lowest BCUT2D eigenvalue weighted by Crippen LogP contribution is -2.33. The molecule has 2 aromatic carbocycles. The van der Waals surface area contributed by atoms with Crippen LogP contribution in [0.15, 0.2) is 54.6 Å². The van der Waals surface area contributed by atoms with Crippen molar-refractivity contribution in [2.75, 3.05) is 18.4 Å². The molecule has 1 aliphatic rings. The molecule has 1 atom stereocenters. The van der Waals surface area contributed by atoms with E-state index in [0.29, 0.717) is 5.56 Å². The minimum absolute atomic E-state index is 0.0608. The number of nitrogens with one attached hydrogen (secondary N) is 1. The number of nitrogens with zero attached hydrogens (tertiary/aromatic N) is 1. The van der Waals surface area contributed by atoms with Crippen molar-refractivity contribution in [1.82, 2.24) is 4.90 Å². The molecule has 1 saturated heterocycles. The quantitative estimate of drug-likeness (QED) is 0.919. The number of piperidine rings is 1. The molecule has 0 aliphatic carbocycles. The second-order valence-electron chi connectivity index (χ2n) is 6.50. The van der Waals surface area contributed by atoms with Gasteiger partial charge in [0, 0.05) is 24.3 Å². The fourth-order valence-corrected chi connectivity index (χ4v) is 3.17. The lowest BCUT2D eigenvalue weighted by Gasteiger charge is -2.30. The number of likely N-dealkylation sites (tertiary alicyclic amines) is 1. The van der Waals surface area contributed by atoms with E-state index in [9.17, 15) is 4.79 Å². The summed E-state index contributed by atoms with van der Waals surface area (Å²) < 4.78 is 0. The molecule has 0 bridgehead atoms. The van der Waals surface area contributed by atoms with Crippen molar-refractivity contribution in [3.8, 4) is 0 Å². The Balaban J connectivity index is 1.59. The molecule has 1 N–H and O–H groups in total. The number of hydrogen-bond donors (Lipinski definition) is 1. The van der Waals surface area contributed by atoms with E-state index in [-0.39, 0.29) is 5.91 Å². The van der Waals surface area contributed by atoms with Gasteiger partial charge in [0.1, 0.15) is 0 Å². The third kappa shape index (κ3) is 4.42. The summed E-state index contributed by atoms with van der Waals surface area (Å²) in [5.41, 5.74) is 2.80. The summed E-state index contributed by atoms with van der Waals surface area (Å²) in [6, 6.07) is 17.5. The first-order valence-electron chi connectivity index (χ1n) is 8.38. The average molecular weight is 308 g/mol. The highest BCUT2D eigenvalue weighted by Crippen LogP contribution is 2.18. The van der Waals surface area contributed by atoms with Crippen LogP contribution in [0.4, 0.5) is 5.69 Å². The molecule has 1 fully saturated rings. The smallest absolute Gasteiger partial charge is 0.255 e. The Hall–Kier alpha value is -2.13. The van der Waals surface area contributed by atoms with Crippen LogP contribution < -0.4 is 5.32 Å². The van der Waals surface area contributed by atoms with Crippen molar-refractivity contribution in [3.63, 3.8) is 0 Å². The molecule has 3 rings (SSSR count). The van der Waals surface area contributed by atoms with Crippen molar-refractivity contribution >= 4 is 11.6 Å². The fourth-order valence-electron chi connectivity index (χ4n) is 3.17. The fraction of sp³-hybridized carbons (Fsp3) is 0.350. The van der Waals surface area contributed by atoms with E-state index in [1.807, 2.05) is 42.5 Å². The molecule has 1 amide bonds. The van der Waals surface area contributed by atoms with Crippen LogP contribution in [0.5, 0.6) is 0 Å². The van der Waals surface area contributed by atoms with Gasteiger partial charge < -0.3 is 5.32 Å². The Morgan fingerprint density at radius 1 is 1.13 bits per heavy atom. The van der Waals surface area contributed by atoms with Crippen molar-refractivity contribution < 1.29 is 4.79 Å². The number of carbonyl (C=O) groups is 1. The predicted octanol–water partition coefficient (Wildman–Crippen LogP) is 4.17. The van der Waals surface area contributed by atoms with Gasteiger partial charge in [-0.15, -0.1) is 0 Å². The van der Waals surface area contributed by atoms with Gasteiger partial charge in [0.05, 0.1) is 0 Å². The predicted molar refractivity (Wildman–Crippen MR) is 94.5 cm³/mol. The Labute approximate surface area is 138 Å². The first-order chi connectivity index (χ1) is 11.2. The van der Waals surface area contributed by atoms with Crippen LogP contribution in [-0.2, 0) is 6.54 Å². The topological polar surface area (TPSA) is 32.3 Å². The van der Waals surface area contributed by atoms with Crippen LogP contribution in [-0.4, -0.2) is 23.9 Å². The minimum Gasteiger partial charge on any atom is -0.322 e. The van der Waals surface area contributed by atoms with Gasteiger partial charge in [0.2, 0.25) is 0 Å². The molecular weight excluding hydrogens is 284 g/mol. The van der Waals surface area contributed by atoms with Crippen molar-refractivity contribution in [2.24, 2.45) is 5.92 Å². The molecule has 23 heavy (non-hydrogen) atoms. The van der Waals surface area contributed by atoms with Crippen LogP contribution in [0.3, 0.4) is 0 Å². The third-order valence-electron chi connectivity index (χ3n) is 4.40. The maximum Gasteiger partial charge on any atom is 0.255 e. The van der Waals surface area contributed by atoms with Gasteiger partial charge in [-0.05, 0) is 55.1 Å². The number of carbonyl (C=O) groups excluding carboxylic acids is 1. The standard InChI is InChI=1S/C20H24N2O/c1-16-6-5-13-22(14-16)15-17-9-11-18(12-10-17)20(23)21-19-7-3-2-4-8-19/h2-4,7-12,16H,5-6,13-15H2,1H3,(H,21,23)/t16-/m0/s1. The minimum atomic E-state index is -0.0608. The molecule has 0 radical (unpaired) electrons. The van der Waals surface area contributed by atoms with Gasteiger partial charge in [0.25, 0.3) is 5.91 Å².